The molecule has 3 N–H and O–H groups in total. The summed E-state index contributed by atoms with van der Waals surface area (Å²) in [4.78, 5) is 21.1. The van der Waals surface area contributed by atoms with Crippen molar-refractivity contribution in [2.45, 2.75) is 6.42 Å². The zero-order valence-electron chi connectivity index (χ0n) is 8.21. The van der Waals surface area contributed by atoms with Crippen molar-refractivity contribution in [3.8, 4) is 0 Å². The van der Waals surface area contributed by atoms with E-state index in [1.165, 1.54) is 0 Å². The number of hydrogen-bond acceptors (Lipinski definition) is 4. The Morgan fingerprint density at radius 3 is 2.64 bits per heavy atom. The van der Waals surface area contributed by atoms with Crippen LogP contribution in [-0.2, 0) is 14.3 Å². The van der Waals surface area contributed by atoms with Crippen LogP contribution >= 0.6 is 0 Å². The number of methoxy groups -OCH3 is 1. The minimum Gasteiger partial charge on any atom is -0.481 e. The van der Waals surface area contributed by atoms with Gasteiger partial charge >= 0.3 is 5.97 Å². The summed E-state index contributed by atoms with van der Waals surface area (Å²) in [6, 6.07) is 0. The molecule has 6 heteroatoms. The predicted molar refractivity (Wildman–Crippen MR) is 50.0 cm³/mol. The molecular weight excluding hydrogens is 188 g/mol. The molecule has 0 aliphatic carbocycles. The molecule has 0 aromatic heterocycles. The second kappa shape index (κ2) is 8.46. The average Bonchev–Trinajstić information content (AvgIpc) is 2.12. The van der Waals surface area contributed by atoms with Crippen LogP contribution in [0, 0.1) is 0 Å². The first-order valence-electron chi connectivity index (χ1n) is 4.35. The highest BCUT2D eigenvalue weighted by Crippen LogP contribution is 1.75. The third-order valence-corrected chi connectivity index (χ3v) is 1.43. The molecule has 0 aliphatic rings. The first-order chi connectivity index (χ1) is 6.66. The molecule has 0 fully saturated rings. The maximum atomic E-state index is 11.0. The number of nitrogens with one attached hydrogen (secondary N) is 2. The largest absolute Gasteiger partial charge is 0.481 e. The van der Waals surface area contributed by atoms with Crippen LogP contribution < -0.4 is 10.6 Å². The molecule has 0 rings (SSSR count). The Hall–Kier alpha value is -1.14. The van der Waals surface area contributed by atoms with Crippen LogP contribution in [-0.4, -0.2) is 50.3 Å². The van der Waals surface area contributed by atoms with Gasteiger partial charge in [-0.25, -0.2) is 0 Å². The van der Waals surface area contributed by atoms with E-state index in [2.05, 4.69) is 10.6 Å². The molecule has 14 heavy (non-hydrogen) atoms. The summed E-state index contributed by atoms with van der Waals surface area (Å²) < 4.78 is 4.76. The van der Waals surface area contributed by atoms with Crippen molar-refractivity contribution < 1.29 is 19.4 Å². The number of rotatable bonds is 8. The number of carboxylic acids is 1. The number of carbonyl (C=O) groups is 2. The molecule has 0 aliphatic heterocycles. The van der Waals surface area contributed by atoms with Crippen LogP contribution in [0.25, 0.3) is 0 Å². The molecule has 0 saturated heterocycles. The Morgan fingerprint density at radius 1 is 1.36 bits per heavy atom. The fourth-order valence-electron chi connectivity index (χ4n) is 0.748. The summed E-state index contributed by atoms with van der Waals surface area (Å²) in [7, 11) is 1.58. The van der Waals surface area contributed by atoms with Crippen LogP contribution in [0.15, 0.2) is 0 Å². The standard InChI is InChI=1S/C8H16N2O4/c1-14-5-4-9-6-7(11)10-3-2-8(12)13/h9H,2-6H2,1H3,(H,10,11)(H,12,13). The Bertz CT molecular complexity index is 184. The smallest absolute Gasteiger partial charge is 0.305 e. The summed E-state index contributed by atoms with van der Waals surface area (Å²) in [5, 5.41) is 13.6. The molecule has 1 amide bonds. The maximum Gasteiger partial charge on any atom is 0.305 e. The SMILES string of the molecule is COCCNCC(=O)NCCC(=O)O. The third-order valence-electron chi connectivity index (χ3n) is 1.43. The van der Waals surface area contributed by atoms with E-state index in [1.54, 1.807) is 7.11 Å². The van der Waals surface area contributed by atoms with Crippen LogP contribution in [0.4, 0.5) is 0 Å². The second-order valence-electron chi connectivity index (χ2n) is 2.66. The number of carboxylic acid groups (broad SMARTS) is 1. The number of amides is 1. The Morgan fingerprint density at radius 2 is 2.07 bits per heavy atom. The summed E-state index contributed by atoms with van der Waals surface area (Å²) >= 11 is 0. The molecule has 0 radical (unpaired) electrons. The molecule has 0 saturated carbocycles. The van der Waals surface area contributed by atoms with Crippen molar-refractivity contribution in [1.29, 1.82) is 0 Å². The van der Waals surface area contributed by atoms with Gasteiger partial charge in [0, 0.05) is 20.2 Å². The lowest BCUT2D eigenvalue weighted by atomic mass is 10.4. The van der Waals surface area contributed by atoms with Gasteiger partial charge in [-0.3, -0.25) is 9.59 Å². The van der Waals surface area contributed by atoms with Crippen molar-refractivity contribution >= 4 is 11.9 Å². The van der Waals surface area contributed by atoms with E-state index in [4.69, 9.17) is 9.84 Å². The summed E-state index contributed by atoms with van der Waals surface area (Å²) in [5.74, 6) is -1.13. The van der Waals surface area contributed by atoms with Crippen molar-refractivity contribution in [2.75, 3.05) is 33.4 Å². The van der Waals surface area contributed by atoms with E-state index in [0.29, 0.717) is 13.2 Å². The molecular formula is C8H16N2O4. The van der Waals surface area contributed by atoms with E-state index in [0.717, 1.165) is 0 Å². The highest BCUT2D eigenvalue weighted by Gasteiger charge is 2.01. The highest BCUT2D eigenvalue weighted by molar-refractivity contribution is 5.78. The van der Waals surface area contributed by atoms with Gasteiger partial charge < -0.3 is 20.5 Å². The van der Waals surface area contributed by atoms with Gasteiger partial charge in [0.15, 0.2) is 0 Å². The van der Waals surface area contributed by atoms with Gasteiger partial charge in [0.05, 0.1) is 19.6 Å². The fraction of sp³-hybridized carbons (Fsp3) is 0.750. The molecule has 82 valence electrons. The lowest BCUT2D eigenvalue weighted by Gasteiger charge is -2.04. The molecule has 0 aromatic rings. The normalized spacial score (nSPS) is 9.79. The molecule has 0 atom stereocenters. The molecule has 0 aromatic carbocycles. The lowest BCUT2D eigenvalue weighted by molar-refractivity contribution is -0.136. The van der Waals surface area contributed by atoms with Gasteiger partial charge in [0.25, 0.3) is 0 Å². The van der Waals surface area contributed by atoms with E-state index >= 15 is 0 Å². The minimum atomic E-state index is -0.919. The summed E-state index contributed by atoms with van der Waals surface area (Å²) in [6.45, 7) is 1.49. The van der Waals surface area contributed by atoms with Crippen molar-refractivity contribution in [3.05, 3.63) is 0 Å². The molecule has 0 heterocycles. The van der Waals surface area contributed by atoms with Crippen LogP contribution in [0.1, 0.15) is 6.42 Å². The maximum absolute atomic E-state index is 11.0. The summed E-state index contributed by atoms with van der Waals surface area (Å²) in [5.41, 5.74) is 0. The van der Waals surface area contributed by atoms with Crippen molar-refractivity contribution in [1.82, 2.24) is 10.6 Å². The van der Waals surface area contributed by atoms with Crippen LogP contribution in [0.3, 0.4) is 0 Å². The van der Waals surface area contributed by atoms with Gasteiger partial charge in [0.2, 0.25) is 5.91 Å². The van der Waals surface area contributed by atoms with Gasteiger partial charge in [-0.15, -0.1) is 0 Å². The van der Waals surface area contributed by atoms with Crippen LogP contribution in [0.5, 0.6) is 0 Å². The minimum absolute atomic E-state index is 0.0518. The first-order valence-corrected chi connectivity index (χ1v) is 4.35. The molecule has 0 spiro atoms. The zero-order valence-corrected chi connectivity index (χ0v) is 8.21. The molecule has 0 bridgehead atoms. The number of aliphatic carboxylic acids is 1. The highest BCUT2D eigenvalue weighted by atomic mass is 16.5. The molecule has 0 unspecified atom stereocenters. The number of hydrogen-bond donors (Lipinski definition) is 3. The van der Waals surface area contributed by atoms with Crippen molar-refractivity contribution in [3.63, 3.8) is 0 Å². The quantitative estimate of drug-likeness (QED) is 0.433. The fourth-order valence-corrected chi connectivity index (χ4v) is 0.748. The second-order valence-corrected chi connectivity index (χ2v) is 2.66. The predicted octanol–water partition coefficient (Wildman–Crippen LogP) is -1.19. The Kier molecular flexibility index (Phi) is 7.77. The Balaban J connectivity index is 3.24. The zero-order chi connectivity index (χ0) is 10.8. The van der Waals surface area contributed by atoms with E-state index in [9.17, 15) is 9.59 Å². The average molecular weight is 204 g/mol. The van der Waals surface area contributed by atoms with Crippen LogP contribution in [0.2, 0.25) is 0 Å². The topological polar surface area (TPSA) is 87.7 Å². The number of carbonyl (C=O) groups excluding carboxylic acids is 1. The van der Waals surface area contributed by atoms with E-state index < -0.39 is 5.97 Å². The lowest BCUT2D eigenvalue weighted by Crippen LogP contribution is -2.36. The third kappa shape index (κ3) is 8.95. The van der Waals surface area contributed by atoms with E-state index in [1.807, 2.05) is 0 Å². The van der Waals surface area contributed by atoms with Crippen molar-refractivity contribution in [2.24, 2.45) is 0 Å². The Labute approximate surface area is 82.6 Å². The van der Waals surface area contributed by atoms with Gasteiger partial charge in [0.1, 0.15) is 0 Å². The van der Waals surface area contributed by atoms with Gasteiger partial charge in [-0.05, 0) is 0 Å². The first kappa shape index (κ1) is 12.9. The van der Waals surface area contributed by atoms with Gasteiger partial charge in [-0.2, -0.15) is 0 Å². The monoisotopic (exact) mass is 204 g/mol. The molecule has 6 nitrogen and oxygen atoms in total. The van der Waals surface area contributed by atoms with Gasteiger partial charge in [-0.1, -0.05) is 0 Å². The summed E-state index contributed by atoms with van der Waals surface area (Å²) in [6.07, 6.45) is -0.0518. The van der Waals surface area contributed by atoms with E-state index in [-0.39, 0.29) is 25.4 Å². The number of ether oxygens (including phenoxy) is 1.